The highest BCUT2D eigenvalue weighted by Crippen LogP contribution is 2.36. The predicted octanol–water partition coefficient (Wildman–Crippen LogP) is 6.13. The number of hydrogen-bond acceptors (Lipinski definition) is 7. The van der Waals surface area contributed by atoms with Crippen LogP contribution in [0.15, 0.2) is 67.0 Å². The zero-order valence-corrected chi connectivity index (χ0v) is 25.4. The third-order valence-electron chi connectivity index (χ3n) is 7.09. The number of amides is 2. The number of nitrogens with one attached hydrogen (secondary N) is 1. The second-order valence-electron chi connectivity index (χ2n) is 11.2. The van der Waals surface area contributed by atoms with Crippen LogP contribution in [0.25, 0.3) is 0 Å². The van der Waals surface area contributed by atoms with E-state index in [1.54, 1.807) is 41.4 Å². The Morgan fingerprint density at radius 2 is 1.93 bits per heavy atom. The highest BCUT2D eigenvalue weighted by atomic mass is 35.5. The topological polar surface area (TPSA) is 101 Å². The molecular formula is C32H31ClN4O4S. The minimum Gasteiger partial charge on any atom is -0.495 e. The van der Waals surface area contributed by atoms with Gasteiger partial charge < -0.3 is 15.0 Å². The van der Waals surface area contributed by atoms with Gasteiger partial charge in [0.1, 0.15) is 11.6 Å². The normalized spacial score (nSPS) is 15.3. The summed E-state index contributed by atoms with van der Waals surface area (Å²) in [4.78, 5) is 52.6. The molecule has 10 heteroatoms. The lowest BCUT2D eigenvalue weighted by atomic mass is 9.93. The number of hydrogen-bond donors (Lipinski definition) is 1. The third kappa shape index (κ3) is 6.37. The first-order chi connectivity index (χ1) is 20.0. The summed E-state index contributed by atoms with van der Waals surface area (Å²) in [7, 11) is 1.54. The second kappa shape index (κ2) is 12.0. The van der Waals surface area contributed by atoms with Crippen LogP contribution < -0.4 is 10.1 Å². The molecule has 42 heavy (non-hydrogen) atoms. The van der Waals surface area contributed by atoms with Crippen molar-refractivity contribution in [1.82, 2.24) is 14.9 Å². The van der Waals surface area contributed by atoms with Crippen molar-refractivity contribution in [2.45, 2.75) is 51.6 Å². The van der Waals surface area contributed by atoms with E-state index in [0.29, 0.717) is 28.4 Å². The molecule has 1 N–H and O–H groups in total. The van der Waals surface area contributed by atoms with E-state index in [2.05, 4.69) is 36.1 Å². The van der Waals surface area contributed by atoms with Crippen molar-refractivity contribution in [2.24, 2.45) is 0 Å². The van der Waals surface area contributed by atoms with E-state index in [1.807, 2.05) is 24.3 Å². The zero-order valence-electron chi connectivity index (χ0n) is 23.8. The van der Waals surface area contributed by atoms with Crippen molar-refractivity contribution < 1.29 is 19.1 Å². The summed E-state index contributed by atoms with van der Waals surface area (Å²) in [5.41, 5.74) is 2.31. The maximum absolute atomic E-state index is 14.1. The molecule has 0 radical (unpaired) electrons. The van der Waals surface area contributed by atoms with Crippen molar-refractivity contribution in [3.8, 4) is 5.75 Å². The number of ether oxygens (including phenoxy) is 1. The highest BCUT2D eigenvalue weighted by molar-refractivity contribution is 7.14. The van der Waals surface area contributed by atoms with Gasteiger partial charge in [0.05, 0.1) is 34.8 Å². The Labute approximate surface area is 253 Å². The number of pyridine rings is 2. The van der Waals surface area contributed by atoms with Crippen LogP contribution in [-0.4, -0.2) is 45.6 Å². The maximum atomic E-state index is 14.1. The zero-order chi connectivity index (χ0) is 30.0. The molecular weight excluding hydrogens is 572 g/mol. The van der Waals surface area contributed by atoms with Crippen LogP contribution in [0.3, 0.4) is 0 Å². The standard InChI is InChI=1S/C32H31ClN4O4S/c1-32(2,3)27-15-20-14-26(38)25(16-21-7-5-6-12-34-21)37(31(40)29(20)42-27)18-19-8-10-23(24(33)13-19)30(39)36-28-11-9-22(41-4)17-35-28/h5-13,15,17,25H,14,16,18H2,1-4H3,(H,35,36,39). The van der Waals surface area contributed by atoms with Crippen LogP contribution in [0.2, 0.25) is 5.02 Å². The number of ketones is 1. The molecule has 1 aliphatic heterocycles. The van der Waals surface area contributed by atoms with Crippen molar-refractivity contribution in [3.63, 3.8) is 0 Å². The van der Waals surface area contributed by atoms with Gasteiger partial charge in [0.2, 0.25) is 0 Å². The number of halogens is 1. The number of thiophene rings is 1. The fourth-order valence-electron chi connectivity index (χ4n) is 4.78. The van der Waals surface area contributed by atoms with Gasteiger partial charge in [0.15, 0.2) is 5.78 Å². The van der Waals surface area contributed by atoms with Gasteiger partial charge in [-0.05, 0) is 59.0 Å². The monoisotopic (exact) mass is 602 g/mol. The summed E-state index contributed by atoms with van der Waals surface area (Å²) >= 11 is 8.02. The largest absolute Gasteiger partial charge is 0.495 e. The number of Topliss-reactive ketones (excluding diaryl/α,β-unsaturated/α-hetero) is 1. The fraction of sp³-hybridized carbons (Fsp3) is 0.281. The number of benzene rings is 1. The van der Waals surface area contributed by atoms with E-state index in [9.17, 15) is 14.4 Å². The van der Waals surface area contributed by atoms with Gasteiger partial charge in [-0.3, -0.25) is 19.4 Å². The molecule has 0 fully saturated rings. The Morgan fingerprint density at radius 3 is 2.57 bits per heavy atom. The number of fused-ring (bicyclic) bond motifs is 1. The number of carbonyl (C=O) groups excluding carboxylic acids is 3. The molecule has 5 rings (SSSR count). The Bertz CT molecular complexity index is 1630. The van der Waals surface area contributed by atoms with Gasteiger partial charge in [-0.15, -0.1) is 11.3 Å². The first-order valence-corrected chi connectivity index (χ1v) is 14.7. The van der Waals surface area contributed by atoms with Crippen LogP contribution in [0, 0.1) is 0 Å². The highest BCUT2D eigenvalue weighted by Gasteiger charge is 2.38. The Morgan fingerprint density at radius 1 is 1.12 bits per heavy atom. The van der Waals surface area contributed by atoms with Crippen LogP contribution >= 0.6 is 22.9 Å². The summed E-state index contributed by atoms with van der Waals surface area (Å²) in [6, 6.07) is 15.2. The summed E-state index contributed by atoms with van der Waals surface area (Å²) in [5.74, 6) is 0.271. The number of carbonyl (C=O) groups is 3. The molecule has 216 valence electrons. The quantitative estimate of drug-likeness (QED) is 0.273. The average molecular weight is 603 g/mol. The van der Waals surface area contributed by atoms with E-state index in [4.69, 9.17) is 16.3 Å². The summed E-state index contributed by atoms with van der Waals surface area (Å²) in [6.45, 7) is 6.43. The Balaban J connectivity index is 1.44. The van der Waals surface area contributed by atoms with Gasteiger partial charge in [-0.2, -0.15) is 0 Å². The van der Waals surface area contributed by atoms with E-state index in [0.717, 1.165) is 16.1 Å². The molecule has 3 aromatic heterocycles. The molecule has 2 amide bonds. The first-order valence-electron chi connectivity index (χ1n) is 13.5. The first kappa shape index (κ1) is 29.4. The molecule has 4 aromatic rings. The van der Waals surface area contributed by atoms with Crippen molar-refractivity contribution in [3.05, 3.63) is 104 Å². The summed E-state index contributed by atoms with van der Waals surface area (Å²) < 4.78 is 5.10. The molecule has 0 saturated carbocycles. The number of aromatic nitrogens is 2. The molecule has 0 bridgehead atoms. The van der Waals surface area contributed by atoms with Crippen LogP contribution in [0.4, 0.5) is 5.82 Å². The minimum absolute atomic E-state index is 0.0416. The smallest absolute Gasteiger partial charge is 0.265 e. The lowest BCUT2D eigenvalue weighted by Gasteiger charge is -2.29. The van der Waals surface area contributed by atoms with E-state index in [1.165, 1.54) is 24.6 Å². The summed E-state index contributed by atoms with van der Waals surface area (Å²) in [6.07, 6.45) is 3.67. The number of nitrogens with zero attached hydrogens (tertiary/aromatic N) is 3. The molecule has 8 nitrogen and oxygen atoms in total. The van der Waals surface area contributed by atoms with Crippen molar-refractivity contribution >= 4 is 46.4 Å². The van der Waals surface area contributed by atoms with Gasteiger partial charge in [-0.1, -0.05) is 44.5 Å². The predicted molar refractivity (Wildman–Crippen MR) is 164 cm³/mol. The van der Waals surface area contributed by atoms with Crippen LogP contribution in [-0.2, 0) is 29.6 Å². The molecule has 0 saturated heterocycles. The van der Waals surface area contributed by atoms with Gasteiger partial charge in [0.25, 0.3) is 11.8 Å². The maximum Gasteiger partial charge on any atom is 0.265 e. The van der Waals surface area contributed by atoms with Gasteiger partial charge in [-0.25, -0.2) is 4.98 Å². The molecule has 1 aliphatic rings. The number of methoxy groups -OCH3 is 1. The molecule has 0 spiro atoms. The van der Waals surface area contributed by atoms with Crippen molar-refractivity contribution in [2.75, 3.05) is 12.4 Å². The molecule has 1 atom stereocenters. The number of rotatable bonds is 7. The third-order valence-corrected chi connectivity index (χ3v) is 8.99. The summed E-state index contributed by atoms with van der Waals surface area (Å²) in [5, 5.41) is 2.95. The lowest BCUT2D eigenvalue weighted by molar-refractivity contribution is -0.122. The molecule has 4 heterocycles. The van der Waals surface area contributed by atoms with Crippen LogP contribution in [0.5, 0.6) is 5.75 Å². The number of anilines is 1. The SMILES string of the molecule is COc1ccc(NC(=O)c2ccc(CN3C(=O)c4sc(C(C)(C)C)cc4CC(=O)C3Cc3ccccn3)cc2Cl)nc1. The molecule has 1 aromatic carbocycles. The molecule has 1 unspecified atom stereocenters. The molecule has 0 aliphatic carbocycles. The van der Waals surface area contributed by atoms with E-state index < -0.39 is 11.9 Å². The lowest BCUT2D eigenvalue weighted by Crippen LogP contribution is -2.44. The van der Waals surface area contributed by atoms with Crippen molar-refractivity contribution in [1.29, 1.82) is 0 Å². The Hall–Kier alpha value is -4.08. The Kier molecular flexibility index (Phi) is 8.43. The van der Waals surface area contributed by atoms with Gasteiger partial charge >= 0.3 is 0 Å². The second-order valence-corrected chi connectivity index (χ2v) is 12.6. The van der Waals surface area contributed by atoms with E-state index >= 15 is 0 Å². The van der Waals surface area contributed by atoms with Crippen LogP contribution in [0.1, 0.15) is 62.5 Å². The minimum atomic E-state index is -0.701. The fourth-order valence-corrected chi connectivity index (χ4v) is 6.26. The average Bonchev–Trinajstić information content (AvgIpc) is 3.36. The van der Waals surface area contributed by atoms with Gasteiger partial charge in [0, 0.05) is 36.2 Å². The van der Waals surface area contributed by atoms with E-state index in [-0.39, 0.29) is 40.7 Å².